The minimum absolute atomic E-state index is 0.000395. The lowest BCUT2D eigenvalue weighted by molar-refractivity contribution is 0.386. The van der Waals surface area contributed by atoms with Gasteiger partial charge >= 0.3 is 0 Å². The predicted octanol–water partition coefficient (Wildman–Crippen LogP) is 5.92. The Morgan fingerprint density at radius 3 is 2.30 bits per heavy atom. The molecule has 2 N–H and O–H groups in total. The highest BCUT2D eigenvalue weighted by atomic mass is 32.2. The SMILES string of the molecule is COc1c(F)cc(F)cc1-c1cn(S(=O)(=O)c2ccc(C)cc2)c2ncc(-c3ccc(F)c(N)c3)cc12. The number of halogens is 3. The molecule has 2 heterocycles. The molecule has 188 valence electrons. The van der Waals surface area contributed by atoms with E-state index in [1.165, 1.54) is 49.8 Å². The van der Waals surface area contributed by atoms with Crippen LogP contribution in [0.2, 0.25) is 0 Å². The van der Waals surface area contributed by atoms with Crippen molar-refractivity contribution in [3.8, 4) is 28.0 Å². The van der Waals surface area contributed by atoms with E-state index >= 15 is 0 Å². The summed E-state index contributed by atoms with van der Waals surface area (Å²) in [6.07, 6.45) is 2.68. The van der Waals surface area contributed by atoms with Gasteiger partial charge in [0, 0.05) is 40.5 Å². The van der Waals surface area contributed by atoms with Gasteiger partial charge in [-0.1, -0.05) is 23.8 Å². The number of hydrogen-bond donors (Lipinski definition) is 1. The Labute approximate surface area is 210 Å². The minimum atomic E-state index is -4.14. The normalized spacial score (nSPS) is 11.7. The Hall–Kier alpha value is -4.31. The summed E-state index contributed by atoms with van der Waals surface area (Å²) in [5, 5.41) is 0.277. The van der Waals surface area contributed by atoms with Crippen molar-refractivity contribution in [3.63, 3.8) is 0 Å². The molecule has 5 rings (SSSR count). The molecule has 37 heavy (non-hydrogen) atoms. The van der Waals surface area contributed by atoms with E-state index in [1.54, 1.807) is 18.2 Å². The third kappa shape index (κ3) is 4.19. The van der Waals surface area contributed by atoms with Crippen molar-refractivity contribution in [2.24, 2.45) is 0 Å². The molecule has 0 amide bonds. The molecule has 0 spiro atoms. The first-order valence-corrected chi connectivity index (χ1v) is 12.5. The number of hydrogen-bond acceptors (Lipinski definition) is 5. The van der Waals surface area contributed by atoms with E-state index in [-0.39, 0.29) is 38.5 Å². The zero-order valence-electron chi connectivity index (χ0n) is 19.7. The second kappa shape index (κ2) is 8.97. The average Bonchev–Trinajstić information content (AvgIpc) is 3.25. The number of ether oxygens (including phenoxy) is 1. The van der Waals surface area contributed by atoms with Gasteiger partial charge in [0.05, 0.1) is 17.7 Å². The summed E-state index contributed by atoms with van der Waals surface area (Å²) in [6, 6.07) is 13.7. The maximum atomic E-state index is 14.6. The topological polar surface area (TPSA) is 87.2 Å². The number of aromatic nitrogens is 2. The summed E-state index contributed by atoms with van der Waals surface area (Å²) in [4.78, 5) is 4.40. The highest BCUT2D eigenvalue weighted by molar-refractivity contribution is 7.90. The molecular weight excluding hydrogens is 503 g/mol. The van der Waals surface area contributed by atoms with E-state index in [2.05, 4.69) is 4.98 Å². The van der Waals surface area contributed by atoms with Crippen LogP contribution in [0.3, 0.4) is 0 Å². The van der Waals surface area contributed by atoms with Gasteiger partial charge in [-0.2, -0.15) is 0 Å². The zero-order chi connectivity index (χ0) is 26.5. The Balaban J connectivity index is 1.83. The van der Waals surface area contributed by atoms with Gasteiger partial charge in [-0.3, -0.25) is 0 Å². The number of fused-ring (bicyclic) bond motifs is 1. The van der Waals surface area contributed by atoms with Crippen molar-refractivity contribution in [3.05, 3.63) is 96.1 Å². The average molecular weight is 524 g/mol. The second-order valence-electron chi connectivity index (χ2n) is 8.46. The van der Waals surface area contributed by atoms with E-state index in [1.807, 2.05) is 6.92 Å². The molecule has 6 nitrogen and oxygen atoms in total. The van der Waals surface area contributed by atoms with Gasteiger partial charge < -0.3 is 10.5 Å². The molecule has 3 aromatic carbocycles. The first-order chi connectivity index (χ1) is 17.6. The molecule has 0 unspecified atom stereocenters. The molecule has 0 radical (unpaired) electrons. The molecule has 0 atom stereocenters. The van der Waals surface area contributed by atoms with Crippen LogP contribution in [-0.2, 0) is 10.0 Å². The second-order valence-corrected chi connectivity index (χ2v) is 10.3. The fraction of sp³-hybridized carbons (Fsp3) is 0.0741. The smallest absolute Gasteiger partial charge is 0.269 e. The van der Waals surface area contributed by atoms with Crippen LogP contribution in [0.4, 0.5) is 18.9 Å². The van der Waals surface area contributed by atoms with E-state index in [0.29, 0.717) is 17.2 Å². The molecule has 0 aliphatic rings. The van der Waals surface area contributed by atoms with Crippen LogP contribution in [0.1, 0.15) is 5.56 Å². The molecule has 0 fully saturated rings. The molecule has 5 aromatic rings. The Kier molecular flexibility index (Phi) is 5.91. The van der Waals surface area contributed by atoms with Gasteiger partial charge in [0.1, 0.15) is 11.6 Å². The predicted molar refractivity (Wildman–Crippen MR) is 135 cm³/mol. The monoisotopic (exact) mass is 523 g/mol. The number of nitrogens with zero attached hydrogens (tertiary/aromatic N) is 2. The van der Waals surface area contributed by atoms with E-state index in [0.717, 1.165) is 15.6 Å². The number of methoxy groups -OCH3 is 1. The molecular formula is C27H20F3N3O3S. The van der Waals surface area contributed by atoms with Crippen molar-refractivity contribution in [1.82, 2.24) is 8.96 Å². The van der Waals surface area contributed by atoms with Gasteiger partial charge in [0.15, 0.2) is 17.2 Å². The molecule has 10 heteroatoms. The summed E-state index contributed by atoms with van der Waals surface area (Å²) in [5.41, 5.74) is 7.72. The Bertz CT molecular complexity index is 1780. The van der Waals surface area contributed by atoms with Gasteiger partial charge in [0.25, 0.3) is 10.0 Å². The molecule has 0 aliphatic carbocycles. The van der Waals surface area contributed by atoms with Gasteiger partial charge in [-0.15, -0.1) is 0 Å². The third-order valence-electron chi connectivity index (χ3n) is 6.02. The van der Waals surface area contributed by atoms with Crippen LogP contribution in [-0.4, -0.2) is 24.5 Å². The summed E-state index contributed by atoms with van der Waals surface area (Å²) >= 11 is 0. The number of aryl methyl sites for hydroxylation is 1. The fourth-order valence-electron chi connectivity index (χ4n) is 4.15. The Morgan fingerprint density at radius 1 is 0.892 bits per heavy atom. The quantitative estimate of drug-likeness (QED) is 0.289. The largest absolute Gasteiger partial charge is 0.493 e. The summed E-state index contributed by atoms with van der Waals surface area (Å²) < 4.78 is 76.1. The number of pyridine rings is 1. The lowest BCUT2D eigenvalue weighted by atomic mass is 10.0. The Morgan fingerprint density at radius 2 is 1.62 bits per heavy atom. The van der Waals surface area contributed by atoms with Crippen molar-refractivity contribution >= 4 is 26.7 Å². The highest BCUT2D eigenvalue weighted by Gasteiger charge is 2.26. The number of rotatable bonds is 5. The standard InChI is InChI=1S/C27H20F3N3O3S/c1-15-3-6-19(7-4-15)37(34,35)33-14-22(20-11-18(28)12-24(30)26(20)36-2)21-9-17(13-32-27(21)33)16-5-8-23(29)25(31)10-16/h3-14H,31H2,1-2H3. The van der Waals surface area contributed by atoms with Crippen LogP contribution in [0.5, 0.6) is 5.75 Å². The van der Waals surface area contributed by atoms with Crippen molar-refractivity contribution in [2.75, 3.05) is 12.8 Å². The first-order valence-electron chi connectivity index (χ1n) is 11.0. The van der Waals surface area contributed by atoms with Crippen LogP contribution < -0.4 is 10.5 Å². The van der Waals surface area contributed by atoms with Crippen molar-refractivity contribution in [2.45, 2.75) is 11.8 Å². The maximum absolute atomic E-state index is 14.6. The van der Waals surface area contributed by atoms with Gasteiger partial charge in [0.2, 0.25) is 0 Å². The maximum Gasteiger partial charge on any atom is 0.269 e. The molecule has 2 aromatic heterocycles. The third-order valence-corrected chi connectivity index (χ3v) is 7.69. The molecule has 0 saturated carbocycles. The van der Waals surface area contributed by atoms with Crippen LogP contribution >= 0.6 is 0 Å². The molecule has 0 saturated heterocycles. The van der Waals surface area contributed by atoms with E-state index in [4.69, 9.17) is 10.5 Å². The van der Waals surface area contributed by atoms with Crippen LogP contribution in [0.25, 0.3) is 33.3 Å². The fourth-order valence-corrected chi connectivity index (χ4v) is 5.47. The number of nitrogens with two attached hydrogens (primary N) is 1. The summed E-state index contributed by atoms with van der Waals surface area (Å²) in [5.74, 6) is -2.67. The van der Waals surface area contributed by atoms with Crippen molar-refractivity contribution < 1.29 is 26.3 Å². The minimum Gasteiger partial charge on any atom is -0.493 e. The number of benzene rings is 3. The van der Waals surface area contributed by atoms with E-state index < -0.39 is 27.5 Å². The summed E-state index contributed by atoms with van der Waals surface area (Å²) in [7, 11) is -2.91. The number of anilines is 1. The van der Waals surface area contributed by atoms with E-state index in [9.17, 15) is 21.6 Å². The molecule has 0 aliphatic heterocycles. The van der Waals surface area contributed by atoms with Crippen LogP contribution in [0.15, 0.2) is 78.0 Å². The van der Waals surface area contributed by atoms with Gasteiger partial charge in [-0.05, 0) is 48.9 Å². The van der Waals surface area contributed by atoms with Crippen molar-refractivity contribution in [1.29, 1.82) is 0 Å². The van der Waals surface area contributed by atoms with Gasteiger partial charge in [-0.25, -0.2) is 30.5 Å². The lowest BCUT2D eigenvalue weighted by Gasteiger charge is -2.09. The highest BCUT2D eigenvalue weighted by Crippen LogP contribution is 2.40. The first kappa shape index (κ1) is 24.4. The molecule has 0 bridgehead atoms. The zero-order valence-corrected chi connectivity index (χ0v) is 20.5. The lowest BCUT2D eigenvalue weighted by Crippen LogP contribution is -2.12. The summed E-state index contributed by atoms with van der Waals surface area (Å²) in [6.45, 7) is 1.83. The van der Waals surface area contributed by atoms with Crippen LogP contribution in [0, 0.1) is 24.4 Å². The number of nitrogen functional groups attached to an aromatic ring is 1.